The lowest BCUT2D eigenvalue weighted by Gasteiger charge is -2.62. The van der Waals surface area contributed by atoms with Gasteiger partial charge in [0.2, 0.25) is 0 Å². The molecule has 3 aliphatic rings. The summed E-state index contributed by atoms with van der Waals surface area (Å²) in [4.78, 5) is 25.2. The Bertz CT molecular complexity index is 933. The number of aliphatic hydroxyl groups excluding tert-OH is 1. The molecule has 2 bridgehead atoms. The van der Waals surface area contributed by atoms with E-state index in [0.29, 0.717) is 19.4 Å². The molecule has 0 spiro atoms. The van der Waals surface area contributed by atoms with E-state index in [2.05, 4.69) is 27.7 Å². The van der Waals surface area contributed by atoms with Crippen LogP contribution in [0, 0.1) is 34.0 Å². The summed E-state index contributed by atoms with van der Waals surface area (Å²) >= 11 is 0. The smallest absolute Gasteiger partial charge is 0.302 e. The van der Waals surface area contributed by atoms with Crippen LogP contribution < -0.4 is 0 Å². The van der Waals surface area contributed by atoms with Crippen LogP contribution in [0.15, 0.2) is 30.3 Å². The standard InChI is InChI=1S/C30H44O6/c1-6-28(4)16-25(33)29(5)23(18-35-21(3)31)12-14-30(15-13-24(32)26(29)30)20(2)27(28)36-19-34-17-22-10-8-7-9-11-22/h7-11,20,23,25-27,33H,6,12-19H2,1-5H3/t20-,23-,25+,26?,27?,28+,29-,30-/m0/s1. The summed E-state index contributed by atoms with van der Waals surface area (Å²) in [6.07, 6.45) is 3.61. The van der Waals surface area contributed by atoms with Crippen molar-refractivity contribution in [1.82, 2.24) is 0 Å². The van der Waals surface area contributed by atoms with E-state index in [0.717, 1.165) is 31.2 Å². The maximum atomic E-state index is 13.5. The van der Waals surface area contributed by atoms with Crippen LogP contribution in [-0.2, 0) is 30.4 Å². The molecule has 0 radical (unpaired) electrons. The average Bonchev–Trinajstić information content (AvgIpc) is 3.21. The Morgan fingerprint density at radius 1 is 1.17 bits per heavy atom. The maximum Gasteiger partial charge on any atom is 0.302 e. The summed E-state index contributed by atoms with van der Waals surface area (Å²) in [6, 6.07) is 10.1. The van der Waals surface area contributed by atoms with E-state index in [-0.39, 0.29) is 59.8 Å². The first-order valence-electron chi connectivity index (χ1n) is 13.7. The second kappa shape index (κ2) is 10.5. The predicted molar refractivity (Wildman–Crippen MR) is 137 cm³/mol. The number of ether oxygens (including phenoxy) is 3. The SMILES string of the molecule is CC[C@]1(C)C[C@@H](O)[C@@]2(C)C3C(=O)CC[C@@]3(CC[C@H]2COC(C)=O)[C@@H](C)C1OCOCc1ccccc1. The number of hydrogen-bond acceptors (Lipinski definition) is 6. The van der Waals surface area contributed by atoms with Gasteiger partial charge in [-0.3, -0.25) is 9.59 Å². The van der Waals surface area contributed by atoms with Crippen molar-refractivity contribution < 1.29 is 28.9 Å². The molecule has 1 aromatic rings. The van der Waals surface area contributed by atoms with Crippen LogP contribution >= 0.6 is 0 Å². The third-order valence-corrected chi connectivity index (χ3v) is 10.4. The molecule has 2 unspecified atom stereocenters. The number of carbonyl (C=O) groups excluding carboxylic acids is 2. The van der Waals surface area contributed by atoms with Crippen LogP contribution in [0.2, 0.25) is 0 Å². The van der Waals surface area contributed by atoms with Gasteiger partial charge >= 0.3 is 5.97 Å². The fourth-order valence-corrected chi connectivity index (χ4v) is 8.08. The lowest BCUT2D eigenvalue weighted by Crippen LogP contribution is -2.64. The number of aliphatic hydroxyl groups is 1. The first-order chi connectivity index (χ1) is 17.1. The molecule has 6 heteroatoms. The number of carbonyl (C=O) groups is 2. The highest BCUT2D eigenvalue weighted by Crippen LogP contribution is 2.68. The Labute approximate surface area is 216 Å². The lowest BCUT2D eigenvalue weighted by atomic mass is 9.43. The van der Waals surface area contributed by atoms with Crippen molar-refractivity contribution in [1.29, 1.82) is 0 Å². The topological polar surface area (TPSA) is 82.1 Å². The highest BCUT2D eigenvalue weighted by molar-refractivity contribution is 5.85. The Morgan fingerprint density at radius 3 is 2.56 bits per heavy atom. The molecular weight excluding hydrogens is 456 g/mol. The van der Waals surface area contributed by atoms with Crippen LogP contribution in [0.3, 0.4) is 0 Å². The van der Waals surface area contributed by atoms with Crippen molar-refractivity contribution in [2.24, 2.45) is 34.0 Å². The van der Waals surface area contributed by atoms with E-state index in [1.54, 1.807) is 0 Å². The molecule has 3 aliphatic carbocycles. The Morgan fingerprint density at radius 2 is 1.89 bits per heavy atom. The number of esters is 1. The van der Waals surface area contributed by atoms with E-state index in [9.17, 15) is 14.7 Å². The van der Waals surface area contributed by atoms with Crippen molar-refractivity contribution >= 4 is 11.8 Å². The quantitative estimate of drug-likeness (QED) is 0.296. The van der Waals surface area contributed by atoms with E-state index in [1.165, 1.54) is 6.92 Å². The van der Waals surface area contributed by atoms with Gasteiger partial charge in [-0.05, 0) is 54.4 Å². The summed E-state index contributed by atoms with van der Waals surface area (Å²) in [6.45, 7) is 11.0. The third-order valence-electron chi connectivity index (χ3n) is 10.4. The van der Waals surface area contributed by atoms with Gasteiger partial charge in [-0.2, -0.15) is 0 Å². The number of Topliss-reactive ketones (excluding diaryl/α,β-unsaturated/α-hetero) is 1. The molecule has 4 rings (SSSR count). The van der Waals surface area contributed by atoms with Crippen LogP contribution in [0.1, 0.15) is 78.7 Å². The zero-order chi connectivity index (χ0) is 26.1. The third kappa shape index (κ3) is 4.65. The van der Waals surface area contributed by atoms with Crippen LogP contribution in [-0.4, -0.2) is 42.5 Å². The molecule has 36 heavy (non-hydrogen) atoms. The molecule has 0 heterocycles. The molecule has 3 saturated carbocycles. The normalized spacial score (nSPS) is 40.3. The van der Waals surface area contributed by atoms with Gasteiger partial charge < -0.3 is 19.3 Å². The molecule has 0 saturated heterocycles. The molecule has 0 aliphatic heterocycles. The van der Waals surface area contributed by atoms with E-state index in [1.807, 2.05) is 30.3 Å². The van der Waals surface area contributed by atoms with E-state index in [4.69, 9.17) is 14.2 Å². The fraction of sp³-hybridized carbons (Fsp3) is 0.733. The van der Waals surface area contributed by atoms with E-state index < -0.39 is 11.5 Å². The number of rotatable bonds is 8. The minimum atomic E-state index is -0.696. The minimum Gasteiger partial charge on any atom is -0.466 e. The van der Waals surface area contributed by atoms with Crippen molar-refractivity contribution in [3.63, 3.8) is 0 Å². The molecular formula is C30H44O6. The number of hydrogen-bond donors (Lipinski definition) is 1. The monoisotopic (exact) mass is 500 g/mol. The first kappa shape index (κ1) is 27.3. The van der Waals surface area contributed by atoms with Gasteiger partial charge in [0.25, 0.3) is 0 Å². The average molecular weight is 501 g/mol. The zero-order valence-electron chi connectivity index (χ0n) is 22.6. The second-order valence-electron chi connectivity index (χ2n) is 12.1. The van der Waals surface area contributed by atoms with Gasteiger partial charge in [-0.1, -0.05) is 58.0 Å². The van der Waals surface area contributed by atoms with Gasteiger partial charge in [0.15, 0.2) is 0 Å². The Balaban J connectivity index is 1.63. The van der Waals surface area contributed by atoms with Crippen molar-refractivity contribution in [3.05, 3.63) is 35.9 Å². The van der Waals surface area contributed by atoms with Crippen molar-refractivity contribution in [2.75, 3.05) is 13.4 Å². The van der Waals surface area contributed by atoms with Gasteiger partial charge in [0, 0.05) is 30.6 Å². The van der Waals surface area contributed by atoms with Crippen molar-refractivity contribution in [2.45, 2.75) is 92.0 Å². The van der Waals surface area contributed by atoms with Crippen LogP contribution in [0.25, 0.3) is 0 Å². The molecule has 8 atom stereocenters. The largest absolute Gasteiger partial charge is 0.466 e. The summed E-state index contributed by atoms with van der Waals surface area (Å²) < 4.78 is 18.0. The Hall–Kier alpha value is -1.76. The van der Waals surface area contributed by atoms with Gasteiger partial charge in [0.05, 0.1) is 25.4 Å². The zero-order valence-corrected chi connectivity index (χ0v) is 22.6. The molecule has 1 N–H and O–H groups in total. The van der Waals surface area contributed by atoms with E-state index >= 15 is 0 Å². The Kier molecular flexibility index (Phi) is 7.99. The van der Waals surface area contributed by atoms with Crippen LogP contribution in [0.5, 0.6) is 0 Å². The summed E-state index contributed by atoms with van der Waals surface area (Å²) in [5, 5.41) is 11.9. The first-order valence-corrected chi connectivity index (χ1v) is 13.7. The highest BCUT2D eigenvalue weighted by Gasteiger charge is 2.68. The predicted octanol–water partition coefficient (Wildman–Crippen LogP) is 5.31. The summed E-state index contributed by atoms with van der Waals surface area (Å²) in [5.41, 5.74) is -0.0629. The van der Waals surface area contributed by atoms with Crippen molar-refractivity contribution in [3.8, 4) is 0 Å². The molecule has 6 nitrogen and oxygen atoms in total. The fourth-order valence-electron chi connectivity index (χ4n) is 8.08. The van der Waals surface area contributed by atoms with Gasteiger partial charge in [0.1, 0.15) is 12.6 Å². The van der Waals surface area contributed by atoms with Gasteiger partial charge in [-0.25, -0.2) is 0 Å². The molecule has 3 fully saturated rings. The molecule has 0 aromatic heterocycles. The van der Waals surface area contributed by atoms with Gasteiger partial charge in [-0.15, -0.1) is 0 Å². The number of ketones is 1. The molecule has 200 valence electrons. The van der Waals surface area contributed by atoms with Crippen LogP contribution in [0.4, 0.5) is 0 Å². The number of benzene rings is 1. The lowest BCUT2D eigenvalue weighted by molar-refractivity contribution is -0.231. The second-order valence-corrected chi connectivity index (χ2v) is 12.1. The maximum absolute atomic E-state index is 13.5. The molecule has 1 aromatic carbocycles. The highest BCUT2D eigenvalue weighted by atomic mass is 16.7. The summed E-state index contributed by atoms with van der Waals surface area (Å²) in [5.74, 6) is -0.251. The minimum absolute atomic E-state index is 0.0449. The summed E-state index contributed by atoms with van der Waals surface area (Å²) in [7, 11) is 0. The molecule has 0 amide bonds.